The van der Waals surface area contributed by atoms with Crippen LogP contribution in [0.15, 0.2) is 77.6 Å². The average Bonchev–Trinajstić information content (AvgIpc) is 3.50. The summed E-state index contributed by atoms with van der Waals surface area (Å²) in [5.74, 6) is 0.580. The second-order valence-electron chi connectivity index (χ2n) is 10.5. The zero-order valence-electron chi connectivity index (χ0n) is 23.6. The Morgan fingerprint density at radius 3 is 2.35 bits per heavy atom. The molecule has 0 bridgehead atoms. The lowest BCUT2D eigenvalue weighted by Crippen LogP contribution is -2.44. The van der Waals surface area contributed by atoms with Crippen LogP contribution < -0.4 is 5.32 Å². The third-order valence-corrected chi connectivity index (χ3v) is 7.42. The second kappa shape index (κ2) is 11.9. The maximum Gasteiger partial charge on any atom is 0.416 e. The minimum absolute atomic E-state index is 0.00855. The number of likely N-dealkylation sites (N-methyl/N-ethyl adjacent to an activating group) is 1. The van der Waals surface area contributed by atoms with Gasteiger partial charge in [-0.1, -0.05) is 12.1 Å². The van der Waals surface area contributed by atoms with E-state index in [2.05, 4.69) is 35.4 Å². The fourth-order valence-electron chi connectivity index (χ4n) is 4.92. The van der Waals surface area contributed by atoms with Gasteiger partial charge >= 0.3 is 6.18 Å². The maximum absolute atomic E-state index is 14.1. The van der Waals surface area contributed by atoms with Gasteiger partial charge in [0, 0.05) is 73.7 Å². The van der Waals surface area contributed by atoms with Crippen molar-refractivity contribution in [2.45, 2.75) is 19.6 Å². The highest BCUT2D eigenvalue weighted by Crippen LogP contribution is 2.36. The number of hydrogen-bond acceptors (Lipinski definition) is 9. The molecule has 1 N–H and O–H groups in total. The molecule has 9 nitrogen and oxygen atoms in total. The van der Waals surface area contributed by atoms with Crippen LogP contribution in [0.25, 0.3) is 34.2 Å². The van der Waals surface area contributed by atoms with Crippen molar-refractivity contribution in [1.82, 2.24) is 34.9 Å². The van der Waals surface area contributed by atoms with Gasteiger partial charge in [0.25, 0.3) is 0 Å². The number of hydrogen-bond donors (Lipinski definition) is 1. The maximum atomic E-state index is 14.1. The molecule has 2 aromatic carbocycles. The average molecular weight is 587 g/mol. The summed E-state index contributed by atoms with van der Waals surface area (Å²) in [7, 11) is 2.01. The smallest absolute Gasteiger partial charge is 0.416 e. The van der Waals surface area contributed by atoms with Crippen LogP contribution in [-0.4, -0.2) is 68.2 Å². The van der Waals surface area contributed by atoms with E-state index in [0.29, 0.717) is 22.9 Å². The van der Waals surface area contributed by atoms with E-state index in [9.17, 15) is 13.2 Å². The van der Waals surface area contributed by atoms with Gasteiger partial charge in [-0.2, -0.15) is 13.2 Å². The van der Waals surface area contributed by atoms with Crippen molar-refractivity contribution in [1.29, 1.82) is 0 Å². The lowest BCUT2D eigenvalue weighted by atomic mass is 10.0. The first-order valence-electron chi connectivity index (χ1n) is 13.8. The fraction of sp³-hybridized carbons (Fsp3) is 0.258. The molecule has 6 rings (SSSR count). The molecule has 0 unspecified atom stereocenters. The Labute approximate surface area is 246 Å². The van der Waals surface area contributed by atoms with E-state index >= 15 is 0 Å². The molecule has 1 aliphatic rings. The molecule has 0 atom stereocenters. The van der Waals surface area contributed by atoms with Crippen molar-refractivity contribution >= 4 is 11.6 Å². The molecule has 0 radical (unpaired) electrons. The Morgan fingerprint density at radius 1 is 0.884 bits per heavy atom. The molecule has 220 valence electrons. The molecule has 1 saturated heterocycles. The number of aromatic nitrogens is 5. The van der Waals surface area contributed by atoms with Gasteiger partial charge in [-0.15, -0.1) is 10.2 Å². The van der Waals surface area contributed by atoms with E-state index in [0.717, 1.165) is 43.4 Å². The molecular formula is C31H29F3N8O. The lowest BCUT2D eigenvalue weighted by Gasteiger charge is -2.32. The van der Waals surface area contributed by atoms with Crippen LogP contribution in [0.2, 0.25) is 0 Å². The van der Waals surface area contributed by atoms with Crippen molar-refractivity contribution in [3.8, 4) is 34.2 Å². The summed E-state index contributed by atoms with van der Waals surface area (Å²) < 4.78 is 48.2. The number of rotatable bonds is 7. The standard InChI is InChI=1S/C31H29F3N8O/c1-20-5-6-22(17-27(20)38-30-36-11-9-26(37-30)23-4-3-10-35-18-23)29-40-39-28(43-29)21-7-8-24(25(16-21)31(32,33)34)19-42-14-12-41(2)13-15-42/h3-11,16-18H,12-15,19H2,1-2H3,(H,36,37,38). The molecule has 0 spiro atoms. The zero-order valence-corrected chi connectivity index (χ0v) is 23.6. The van der Waals surface area contributed by atoms with Crippen molar-refractivity contribution < 1.29 is 17.6 Å². The van der Waals surface area contributed by atoms with Crippen LogP contribution in [0.5, 0.6) is 0 Å². The zero-order chi connectivity index (χ0) is 30.0. The van der Waals surface area contributed by atoms with Crippen molar-refractivity contribution in [2.75, 3.05) is 38.5 Å². The second-order valence-corrected chi connectivity index (χ2v) is 10.5. The molecule has 4 heterocycles. The highest BCUT2D eigenvalue weighted by Gasteiger charge is 2.34. The quantitative estimate of drug-likeness (QED) is 0.244. The Balaban J connectivity index is 1.24. The Bertz CT molecular complexity index is 1720. The van der Waals surface area contributed by atoms with Gasteiger partial charge in [-0.25, -0.2) is 9.97 Å². The molecule has 5 aromatic rings. The Kier molecular flexibility index (Phi) is 7.87. The number of piperazine rings is 1. The predicted octanol–water partition coefficient (Wildman–Crippen LogP) is 6.07. The summed E-state index contributed by atoms with van der Waals surface area (Å²) in [4.78, 5) is 17.3. The van der Waals surface area contributed by atoms with Crippen LogP contribution in [0, 0.1) is 6.92 Å². The van der Waals surface area contributed by atoms with Gasteiger partial charge in [0.05, 0.1) is 11.3 Å². The number of aryl methyl sites for hydroxylation is 1. The molecular weight excluding hydrogens is 557 g/mol. The van der Waals surface area contributed by atoms with Gasteiger partial charge in [0.15, 0.2) is 0 Å². The van der Waals surface area contributed by atoms with Crippen LogP contribution in [0.4, 0.5) is 24.8 Å². The summed E-state index contributed by atoms with van der Waals surface area (Å²) >= 11 is 0. The number of anilines is 2. The van der Waals surface area contributed by atoms with E-state index in [1.807, 2.05) is 49.2 Å². The topological polar surface area (TPSA) is 96.1 Å². The van der Waals surface area contributed by atoms with Crippen molar-refractivity contribution in [3.05, 3.63) is 89.9 Å². The third kappa shape index (κ3) is 6.55. The summed E-state index contributed by atoms with van der Waals surface area (Å²) in [5.41, 5.74) is 3.55. The molecule has 1 fully saturated rings. The first-order valence-corrected chi connectivity index (χ1v) is 13.8. The summed E-state index contributed by atoms with van der Waals surface area (Å²) in [6.07, 6.45) is 0.562. The van der Waals surface area contributed by atoms with Gasteiger partial charge in [-0.3, -0.25) is 9.88 Å². The largest absolute Gasteiger partial charge is 0.416 e. The van der Waals surface area contributed by atoms with E-state index < -0.39 is 11.7 Å². The van der Waals surface area contributed by atoms with Crippen LogP contribution in [0.1, 0.15) is 16.7 Å². The number of halogens is 3. The Morgan fingerprint density at radius 2 is 1.63 bits per heavy atom. The van der Waals surface area contributed by atoms with Gasteiger partial charge in [0.1, 0.15) is 0 Å². The third-order valence-electron chi connectivity index (χ3n) is 7.42. The highest BCUT2D eigenvalue weighted by atomic mass is 19.4. The first-order chi connectivity index (χ1) is 20.7. The normalized spacial score (nSPS) is 14.6. The van der Waals surface area contributed by atoms with E-state index in [4.69, 9.17) is 4.42 Å². The van der Waals surface area contributed by atoms with E-state index in [1.54, 1.807) is 30.7 Å². The molecule has 43 heavy (non-hydrogen) atoms. The Hall–Kier alpha value is -4.68. The SMILES string of the molecule is Cc1ccc(-c2nnc(-c3ccc(CN4CCN(C)CC4)c(C(F)(F)F)c3)o2)cc1Nc1nccc(-c2cccnc2)n1. The number of alkyl halides is 3. The van der Waals surface area contributed by atoms with Crippen molar-refractivity contribution in [3.63, 3.8) is 0 Å². The predicted molar refractivity (Wildman–Crippen MR) is 156 cm³/mol. The monoisotopic (exact) mass is 586 g/mol. The van der Waals surface area contributed by atoms with E-state index in [-0.39, 0.29) is 29.5 Å². The number of nitrogens with zero attached hydrogens (tertiary/aromatic N) is 7. The summed E-state index contributed by atoms with van der Waals surface area (Å²) in [6, 6.07) is 15.3. The molecule has 12 heteroatoms. The molecule has 1 aliphatic heterocycles. The van der Waals surface area contributed by atoms with Crippen LogP contribution >= 0.6 is 0 Å². The fourth-order valence-corrected chi connectivity index (χ4v) is 4.92. The lowest BCUT2D eigenvalue weighted by molar-refractivity contribution is -0.138. The molecule has 3 aromatic heterocycles. The molecule has 0 aliphatic carbocycles. The van der Waals surface area contributed by atoms with Gasteiger partial charge < -0.3 is 14.6 Å². The summed E-state index contributed by atoms with van der Waals surface area (Å²) in [6.45, 7) is 5.25. The van der Waals surface area contributed by atoms with Gasteiger partial charge in [-0.05, 0) is 67.6 Å². The minimum Gasteiger partial charge on any atom is -0.416 e. The van der Waals surface area contributed by atoms with Gasteiger partial charge in [0.2, 0.25) is 17.7 Å². The molecule has 0 amide bonds. The number of nitrogens with one attached hydrogen (secondary N) is 1. The summed E-state index contributed by atoms with van der Waals surface area (Å²) in [5, 5.41) is 11.4. The molecule has 0 saturated carbocycles. The van der Waals surface area contributed by atoms with Crippen molar-refractivity contribution in [2.24, 2.45) is 0 Å². The van der Waals surface area contributed by atoms with Crippen LogP contribution in [0.3, 0.4) is 0 Å². The van der Waals surface area contributed by atoms with E-state index in [1.165, 1.54) is 6.07 Å². The highest BCUT2D eigenvalue weighted by molar-refractivity contribution is 5.69. The number of pyridine rings is 1. The minimum atomic E-state index is -4.52. The van der Waals surface area contributed by atoms with Crippen LogP contribution in [-0.2, 0) is 12.7 Å². The first kappa shape index (κ1) is 28.4. The number of benzene rings is 2.